The minimum atomic E-state index is -0.565. The third kappa shape index (κ3) is 20.7. The molecule has 0 aliphatic heterocycles. The Morgan fingerprint density at radius 2 is 1.20 bits per heavy atom. The standard InChI is InChI=1S/C14H19ClN2.C13H18N2O3.C13H20N2O3.C11H15ClN2O2/c1-3-5-9-17(8-4-2)13-7-6-12(11-16)14(15)10-13;1-2-7-14(9-10-3-4-10)11-5-6-12(15(17)18)13(16)8-11;1-4-7-14(8-9-18-3)12-5-6-13(15(16)17)11(2)10-12;1-3-4-7-13(2)11-6-5-9(14(15)16)8-10(11)12/h6-7,10H,3-5,8-9H2,1-2H3;5-6,8,10,16H,2-4,7,9H2,1H3;5-6,10H,4,7-9H2,1-3H3;5-6,8H,3-4,7H2,1-2H3. The van der Waals surface area contributed by atoms with Crippen molar-refractivity contribution in [2.24, 2.45) is 5.92 Å². The first-order valence-electron chi connectivity index (χ1n) is 23.8. The molecule has 1 saturated carbocycles. The second-order valence-electron chi connectivity index (χ2n) is 16.8. The molecule has 5 rings (SSSR count). The van der Waals surface area contributed by atoms with Crippen LogP contribution in [-0.2, 0) is 4.74 Å². The van der Waals surface area contributed by atoms with Crippen molar-refractivity contribution < 1.29 is 24.6 Å². The molecule has 16 nitrogen and oxygen atoms in total. The molecule has 18 heteroatoms. The van der Waals surface area contributed by atoms with Gasteiger partial charge in [-0.2, -0.15) is 5.26 Å². The lowest BCUT2D eigenvalue weighted by atomic mass is 10.1. The molecule has 0 atom stereocenters. The fourth-order valence-corrected chi connectivity index (χ4v) is 7.70. The summed E-state index contributed by atoms with van der Waals surface area (Å²) in [7, 11) is 3.61. The molecule has 69 heavy (non-hydrogen) atoms. The van der Waals surface area contributed by atoms with Gasteiger partial charge in [-0.3, -0.25) is 30.3 Å². The molecule has 1 aliphatic rings. The van der Waals surface area contributed by atoms with Gasteiger partial charge in [0.15, 0.2) is 5.75 Å². The van der Waals surface area contributed by atoms with Crippen LogP contribution in [0.2, 0.25) is 10.0 Å². The van der Waals surface area contributed by atoms with Crippen molar-refractivity contribution in [3.63, 3.8) is 0 Å². The van der Waals surface area contributed by atoms with Crippen molar-refractivity contribution in [1.29, 1.82) is 5.26 Å². The largest absolute Gasteiger partial charge is 0.502 e. The smallest absolute Gasteiger partial charge is 0.310 e. The van der Waals surface area contributed by atoms with E-state index in [2.05, 4.69) is 55.4 Å². The van der Waals surface area contributed by atoms with Gasteiger partial charge in [0.1, 0.15) is 6.07 Å². The SMILES string of the molecule is CCCCN(C)c1ccc([N+](=O)[O-])cc1Cl.CCCCN(CCC)c1ccc(C#N)c(Cl)c1.CCCN(CC1CC1)c1ccc([N+](=O)[O-])c(O)c1.CCCN(CCOC)c1ccc([N+](=O)[O-])c(C)c1. The summed E-state index contributed by atoms with van der Waals surface area (Å²) >= 11 is 12.1. The zero-order valence-electron chi connectivity index (χ0n) is 41.7. The number of methoxy groups -OCH3 is 1. The van der Waals surface area contributed by atoms with Gasteiger partial charge in [0.2, 0.25) is 0 Å². The van der Waals surface area contributed by atoms with Gasteiger partial charge in [0.05, 0.1) is 42.7 Å². The molecule has 378 valence electrons. The number of non-ortho nitro benzene ring substituents is 1. The molecule has 0 unspecified atom stereocenters. The number of hydrogen-bond acceptors (Lipinski definition) is 13. The van der Waals surface area contributed by atoms with Crippen LogP contribution in [0.15, 0.2) is 72.8 Å². The van der Waals surface area contributed by atoms with Gasteiger partial charge < -0.3 is 29.4 Å². The predicted molar refractivity (Wildman–Crippen MR) is 282 cm³/mol. The van der Waals surface area contributed by atoms with Crippen LogP contribution in [0.25, 0.3) is 0 Å². The number of phenols is 1. The second-order valence-corrected chi connectivity index (χ2v) is 17.6. The van der Waals surface area contributed by atoms with E-state index in [1.54, 1.807) is 44.4 Å². The molecule has 0 aromatic heterocycles. The molecule has 0 amide bonds. The molecule has 1 N–H and O–H groups in total. The molecule has 0 spiro atoms. The van der Waals surface area contributed by atoms with Crippen molar-refractivity contribution in [1.82, 2.24) is 0 Å². The van der Waals surface area contributed by atoms with Crippen LogP contribution in [0.5, 0.6) is 5.75 Å². The fourth-order valence-electron chi connectivity index (χ4n) is 7.17. The van der Waals surface area contributed by atoms with Gasteiger partial charge in [-0.25, -0.2) is 0 Å². The average molecular weight is 996 g/mol. The first-order valence-corrected chi connectivity index (χ1v) is 24.6. The summed E-state index contributed by atoms with van der Waals surface area (Å²) in [6.45, 7) is 19.7. The molecule has 4 aromatic carbocycles. The minimum absolute atomic E-state index is 0.0256. The molecule has 0 heterocycles. The van der Waals surface area contributed by atoms with Crippen LogP contribution in [-0.4, -0.2) is 86.5 Å². The Morgan fingerprint density at radius 3 is 1.68 bits per heavy atom. The monoisotopic (exact) mass is 994 g/mol. The normalized spacial score (nSPS) is 11.3. The number of anilines is 4. The van der Waals surface area contributed by atoms with E-state index in [1.807, 2.05) is 30.1 Å². The number of aromatic hydroxyl groups is 1. The zero-order chi connectivity index (χ0) is 51.5. The van der Waals surface area contributed by atoms with Crippen LogP contribution in [0.1, 0.15) is 104 Å². The highest BCUT2D eigenvalue weighted by Gasteiger charge is 2.25. The Bertz CT molecular complexity index is 2260. The number of halogens is 2. The lowest BCUT2D eigenvalue weighted by molar-refractivity contribution is -0.385. The average Bonchev–Trinajstić information content (AvgIpc) is 4.15. The minimum Gasteiger partial charge on any atom is -0.502 e. The number of nitrogens with zero attached hydrogens (tertiary/aromatic N) is 8. The van der Waals surface area contributed by atoms with E-state index in [0.717, 1.165) is 107 Å². The van der Waals surface area contributed by atoms with E-state index < -0.39 is 9.85 Å². The molecule has 1 aliphatic carbocycles. The maximum absolute atomic E-state index is 10.8. The number of aryl methyl sites for hydroxylation is 1. The van der Waals surface area contributed by atoms with E-state index in [9.17, 15) is 35.4 Å². The Balaban J connectivity index is 0.000000316. The van der Waals surface area contributed by atoms with Crippen LogP contribution in [0.3, 0.4) is 0 Å². The number of ether oxygens (including phenoxy) is 1. The number of rotatable bonds is 24. The van der Waals surface area contributed by atoms with E-state index in [4.69, 9.17) is 33.2 Å². The Morgan fingerprint density at radius 1 is 0.667 bits per heavy atom. The number of phenolic OH excluding ortho intramolecular Hbond substituents is 1. The quantitative estimate of drug-likeness (QED) is 0.0515. The molecule has 4 aromatic rings. The number of hydrogen-bond donors (Lipinski definition) is 1. The van der Waals surface area contributed by atoms with Crippen LogP contribution < -0.4 is 19.6 Å². The van der Waals surface area contributed by atoms with Crippen LogP contribution >= 0.6 is 23.2 Å². The van der Waals surface area contributed by atoms with E-state index in [1.165, 1.54) is 49.9 Å². The molecule has 0 radical (unpaired) electrons. The molecular weight excluding hydrogens is 924 g/mol. The number of nitro groups is 3. The van der Waals surface area contributed by atoms with Gasteiger partial charge in [0.25, 0.3) is 11.4 Å². The van der Waals surface area contributed by atoms with E-state index in [-0.39, 0.29) is 27.7 Å². The van der Waals surface area contributed by atoms with Crippen LogP contribution in [0.4, 0.5) is 39.8 Å². The van der Waals surface area contributed by atoms with Gasteiger partial charge in [-0.1, -0.05) is 70.7 Å². The highest BCUT2D eigenvalue weighted by Crippen LogP contribution is 2.35. The molecular formula is C51H72Cl2N8O8. The number of nitriles is 1. The summed E-state index contributed by atoms with van der Waals surface area (Å²) in [4.78, 5) is 39.3. The summed E-state index contributed by atoms with van der Waals surface area (Å²) in [5.41, 5.74) is 5.02. The van der Waals surface area contributed by atoms with Crippen molar-refractivity contribution in [3.05, 3.63) is 124 Å². The Kier molecular flexibility index (Phi) is 27.5. The predicted octanol–water partition coefficient (Wildman–Crippen LogP) is 13.4. The van der Waals surface area contributed by atoms with Crippen molar-refractivity contribution in [2.45, 2.75) is 99.3 Å². The third-order valence-corrected chi connectivity index (χ3v) is 11.7. The van der Waals surface area contributed by atoms with Gasteiger partial charge in [-0.05, 0) is 100 Å². The van der Waals surface area contributed by atoms with Gasteiger partial charge in [-0.15, -0.1) is 0 Å². The maximum Gasteiger partial charge on any atom is 0.310 e. The van der Waals surface area contributed by atoms with Crippen molar-refractivity contribution >= 4 is 63.0 Å². The van der Waals surface area contributed by atoms with Gasteiger partial charge >= 0.3 is 5.69 Å². The summed E-state index contributed by atoms with van der Waals surface area (Å²) in [6, 6.07) is 22.1. The summed E-state index contributed by atoms with van der Waals surface area (Å²) < 4.78 is 5.08. The first kappa shape index (κ1) is 59.2. The summed E-state index contributed by atoms with van der Waals surface area (Å²) in [5, 5.41) is 51.4. The summed E-state index contributed by atoms with van der Waals surface area (Å²) in [5.74, 6) is 0.489. The van der Waals surface area contributed by atoms with E-state index >= 15 is 0 Å². The third-order valence-electron chi connectivity index (χ3n) is 11.1. The lowest BCUT2D eigenvalue weighted by Gasteiger charge is -2.24. The van der Waals surface area contributed by atoms with Crippen LogP contribution in [0, 0.1) is 54.5 Å². The topological polar surface area (TPSA) is 196 Å². The fraction of sp³-hybridized carbons (Fsp3) is 0.510. The van der Waals surface area contributed by atoms with Gasteiger partial charge in [0, 0.05) is 113 Å². The highest BCUT2D eigenvalue weighted by molar-refractivity contribution is 6.33. The van der Waals surface area contributed by atoms with E-state index in [0.29, 0.717) is 27.8 Å². The zero-order valence-corrected chi connectivity index (χ0v) is 43.2. The molecule has 0 bridgehead atoms. The molecule has 1 fully saturated rings. The number of nitro benzene ring substituents is 3. The number of benzene rings is 4. The lowest BCUT2D eigenvalue weighted by Crippen LogP contribution is -2.28. The van der Waals surface area contributed by atoms with Crippen molar-refractivity contribution in [3.8, 4) is 11.8 Å². The Labute approximate surface area is 418 Å². The Hall–Kier alpha value is -5.89. The second kappa shape index (κ2) is 32.0. The molecule has 0 saturated heterocycles. The number of unbranched alkanes of at least 4 members (excludes halogenated alkanes) is 2. The summed E-state index contributed by atoms with van der Waals surface area (Å²) in [6.07, 6.45) is 10.2. The maximum atomic E-state index is 10.8. The van der Waals surface area contributed by atoms with Crippen molar-refractivity contribution in [2.75, 3.05) is 86.2 Å². The first-order chi connectivity index (χ1) is 33.0. The highest BCUT2D eigenvalue weighted by atomic mass is 35.5.